The largest absolute Gasteiger partial charge is 0.468 e. The van der Waals surface area contributed by atoms with E-state index < -0.39 is 0 Å². The van der Waals surface area contributed by atoms with E-state index in [9.17, 15) is 9.59 Å². The van der Waals surface area contributed by atoms with Gasteiger partial charge >= 0.3 is 5.97 Å². The Morgan fingerprint density at radius 2 is 2.19 bits per heavy atom. The maximum Gasteiger partial charge on any atom is 0.319 e. The number of rotatable bonds is 9. The molecule has 116 valence electrons. The number of carbonyl (C=O) groups excluding carboxylic acids is 2. The van der Waals surface area contributed by atoms with Crippen molar-refractivity contribution in [1.82, 2.24) is 9.80 Å². The molecule has 1 rings (SSSR count). The van der Waals surface area contributed by atoms with Crippen LogP contribution in [-0.2, 0) is 20.9 Å². The molecule has 21 heavy (non-hydrogen) atoms. The predicted octanol–water partition coefficient (Wildman–Crippen LogP) is 1.76. The Kier molecular flexibility index (Phi) is 7.71. The van der Waals surface area contributed by atoms with Crippen LogP contribution in [0.15, 0.2) is 30.2 Å². The van der Waals surface area contributed by atoms with E-state index in [4.69, 9.17) is 0 Å². The van der Waals surface area contributed by atoms with Crippen LogP contribution in [0.3, 0.4) is 0 Å². The van der Waals surface area contributed by atoms with Crippen molar-refractivity contribution in [2.24, 2.45) is 0 Å². The second-order valence-corrected chi connectivity index (χ2v) is 5.55. The molecule has 0 atom stereocenters. The van der Waals surface area contributed by atoms with E-state index in [-0.39, 0.29) is 25.0 Å². The van der Waals surface area contributed by atoms with E-state index in [0.29, 0.717) is 19.6 Å². The first-order valence-corrected chi connectivity index (χ1v) is 7.68. The van der Waals surface area contributed by atoms with Gasteiger partial charge in [0.05, 0.1) is 26.7 Å². The van der Waals surface area contributed by atoms with Crippen LogP contribution in [0, 0.1) is 0 Å². The van der Waals surface area contributed by atoms with Gasteiger partial charge in [-0.1, -0.05) is 19.1 Å². The number of hydrogen-bond acceptors (Lipinski definition) is 5. The van der Waals surface area contributed by atoms with Gasteiger partial charge in [0.15, 0.2) is 0 Å². The first kappa shape index (κ1) is 17.4. The van der Waals surface area contributed by atoms with Crippen molar-refractivity contribution in [3.63, 3.8) is 0 Å². The van der Waals surface area contributed by atoms with Crippen molar-refractivity contribution >= 4 is 23.2 Å². The second kappa shape index (κ2) is 9.31. The van der Waals surface area contributed by atoms with Crippen molar-refractivity contribution in [3.8, 4) is 0 Å². The molecule has 5 nitrogen and oxygen atoms in total. The summed E-state index contributed by atoms with van der Waals surface area (Å²) in [5.74, 6) is -0.354. The van der Waals surface area contributed by atoms with Crippen molar-refractivity contribution in [1.29, 1.82) is 0 Å². The number of hydrogen-bond donors (Lipinski definition) is 0. The molecule has 0 aliphatic rings. The summed E-state index contributed by atoms with van der Waals surface area (Å²) in [4.78, 5) is 28.3. The molecule has 1 amide bonds. The van der Waals surface area contributed by atoms with Crippen LogP contribution in [-0.4, -0.2) is 55.0 Å². The number of amides is 1. The lowest BCUT2D eigenvalue weighted by Gasteiger charge is -2.25. The maximum absolute atomic E-state index is 12.4. The van der Waals surface area contributed by atoms with Gasteiger partial charge in [-0.2, -0.15) is 0 Å². The van der Waals surface area contributed by atoms with Crippen molar-refractivity contribution < 1.29 is 14.3 Å². The summed E-state index contributed by atoms with van der Waals surface area (Å²) in [6.45, 7) is 7.60. The van der Waals surface area contributed by atoms with Gasteiger partial charge in [0.1, 0.15) is 0 Å². The first-order chi connectivity index (χ1) is 10.1. The van der Waals surface area contributed by atoms with E-state index in [2.05, 4.69) is 11.3 Å². The van der Waals surface area contributed by atoms with Crippen LogP contribution in [0.25, 0.3) is 0 Å². The molecule has 1 heterocycles. The van der Waals surface area contributed by atoms with Crippen molar-refractivity contribution in [3.05, 3.63) is 35.0 Å². The molecule has 0 saturated heterocycles. The fourth-order valence-corrected chi connectivity index (χ4v) is 2.54. The Labute approximate surface area is 129 Å². The van der Waals surface area contributed by atoms with Crippen LogP contribution >= 0.6 is 11.3 Å². The number of methoxy groups -OCH3 is 1. The van der Waals surface area contributed by atoms with Gasteiger partial charge in [-0.3, -0.25) is 14.5 Å². The zero-order valence-corrected chi connectivity index (χ0v) is 13.4. The molecule has 0 radical (unpaired) electrons. The number of esters is 1. The highest BCUT2D eigenvalue weighted by atomic mass is 32.1. The molecule has 0 fully saturated rings. The monoisotopic (exact) mass is 310 g/mol. The Morgan fingerprint density at radius 1 is 1.43 bits per heavy atom. The van der Waals surface area contributed by atoms with E-state index in [1.165, 1.54) is 7.11 Å². The molecule has 0 bridgehead atoms. The van der Waals surface area contributed by atoms with E-state index in [1.807, 2.05) is 24.4 Å². The number of nitrogens with zero attached hydrogens (tertiary/aromatic N) is 2. The molecule has 0 unspecified atom stereocenters. The Morgan fingerprint density at radius 3 is 2.71 bits per heavy atom. The zero-order valence-electron chi connectivity index (χ0n) is 12.6. The minimum atomic E-state index is -0.335. The van der Waals surface area contributed by atoms with Crippen LogP contribution in [0.1, 0.15) is 11.8 Å². The minimum Gasteiger partial charge on any atom is -0.468 e. The maximum atomic E-state index is 12.4. The summed E-state index contributed by atoms with van der Waals surface area (Å²) in [5.41, 5.74) is 0. The standard InChI is InChI=1S/C15H22N2O3S/c1-4-8-17(10-13-7-6-9-21-13)14(18)11-16(5-2)12-15(19)20-3/h4,6-7,9H,1,5,8,10-12H2,2-3H3. The molecule has 0 aliphatic heterocycles. The summed E-state index contributed by atoms with van der Waals surface area (Å²) >= 11 is 1.62. The summed E-state index contributed by atoms with van der Waals surface area (Å²) < 4.78 is 4.64. The fraction of sp³-hybridized carbons (Fsp3) is 0.467. The lowest BCUT2D eigenvalue weighted by Crippen LogP contribution is -2.42. The lowest BCUT2D eigenvalue weighted by molar-refractivity contribution is -0.142. The van der Waals surface area contributed by atoms with Gasteiger partial charge < -0.3 is 9.64 Å². The molecule has 0 saturated carbocycles. The molecule has 0 aliphatic carbocycles. The van der Waals surface area contributed by atoms with Gasteiger partial charge in [0.2, 0.25) is 5.91 Å². The topological polar surface area (TPSA) is 49.9 Å². The Hall–Kier alpha value is -1.66. The highest BCUT2D eigenvalue weighted by Gasteiger charge is 2.18. The first-order valence-electron chi connectivity index (χ1n) is 6.80. The van der Waals surface area contributed by atoms with Gasteiger partial charge in [-0.25, -0.2) is 0 Å². The second-order valence-electron chi connectivity index (χ2n) is 4.52. The number of carbonyl (C=O) groups is 2. The molecule has 0 spiro atoms. The number of likely N-dealkylation sites (N-methyl/N-ethyl adjacent to an activating group) is 1. The van der Waals surface area contributed by atoms with Crippen molar-refractivity contribution in [2.75, 3.05) is 33.3 Å². The average Bonchev–Trinajstić information content (AvgIpc) is 2.98. The van der Waals surface area contributed by atoms with Crippen LogP contribution in [0.4, 0.5) is 0 Å². The summed E-state index contributed by atoms with van der Waals surface area (Å²) in [5, 5.41) is 1.99. The average molecular weight is 310 g/mol. The van der Waals surface area contributed by atoms with E-state index >= 15 is 0 Å². The van der Waals surface area contributed by atoms with Gasteiger partial charge in [0.25, 0.3) is 0 Å². The highest BCUT2D eigenvalue weighted by Crippen LogP contribution is 2.12. The Bertz CT molecular complexity index is 459. The number of ether oxygens (including phenoxy) is 1. The molecule has 1 aromatic rings. The normalized spacial score (nSPS) is 10.4. The Balaban J connectivity index is 2.62. The quantitative estimate of drug-likeness (QED) is 0.515. The molecular formula is C15H22N2O3S. The van der Waals surface area contributed by atoms with E-state index in [1.54, 1.807) is 27.2 Å². The summed E-state index contributed by atoms with van der Waals surface area (Å²) in [6, 6.07) is 3.96. The minimum absolute atomic E-state index is 0.0194. The highest BCUT2D eigenvalue weighted by molar-refractivity contribution is 7.09. The van der Waals surface area contributed by atoms with Gasteiger partial charge in [-0.05, 0) is 18.0 Å². The molecule has 0 N–H and O–H groups in total. The fourth-order valence-electron chi connectivity index (χ4n) is 1.82. The SMILES string of the molecule is C=CCN(Cc1cccs1)C(=O)CN(CC)CC(=O)OC. The summed E-state index contributed by atoms with van der Waals surface area (Å²) in [6.07, 6.45) is 1.71. The molecule has 0 aromatic carbocycles. The van der Waals surface area contributed by atoms with Crippen LogP contribution < -0.4 is 0 Å². The summed E-state index contributed by atoms with van der Waals surface area (Å²) in [7, 11) is 1.35. The zero-order chi connectivity index (χ0) is 15.7. The smallest absolute Gasteiger partial charge is 0.319 e. The van der Waals surface area contributed by atoms with Crippen molar-refractivity contribution in [2.45, 2.75) is 13.5 Å². The molecular weight excluding hydrogens is 288 g/mol. The van der Waals surface area contributed by atoms with Crippen LogP contribution in [0.5, 0.6) is 0 Å². The lowest BCUT2D eigenvalue weighted by atomic mass is 10.3. The molecule has 1 aromatic heterocycles. The van der Waals surface area contributed by atoms with E-state index in [0.717, 1.165) is 4.88 Å². The predicted molar refractivity (Wildman–Crippen MR) is 84.1 cm³/mol. The van der Waals surface area contributed by atoms with Gasteiger partial charge in [0, 0.05) is 11.4 Å². The third kappa shape index (κ3) is 6.10. The van der Waals surface area contributed by atoms with Crippen LogP contribution in [0.2, 0.25) is 0 Å². The third-order valence-corrected chi connectivity index (χ3v) is 3.88. The number of thiophene rings is 1. The third-order valence-electron chi connectivity index (χ3n) is 3.02. The molecule has 6 heteroatoms. The van der Waals surface area contributed by atoms with Gasteiger partial charge in [-0.15, -0.1) is 17.9 Å².